The third kappa shape index (κ3) is 2.80. The number of hydrogen-bond acceptors (Lipinski definition) is 2. The van der Waals surface area contributed by atoms with Gasteiger partial charge in [0.05, 0.1) is 22.0 Å². The molecule has 0 bridgehead atoms. The molecule has 0 spiro atoms. The van der Waals surface area contributed by atoms with Crippen LogP contribution in [0.3, 0.4) is 0 Å². The van der Waals surface area contributed by atoms with E-state index >= 15 is 0 Å². The van der Waals surface area contributed by atoms with Gasteiger partial charge in [0, 0.05) is 13.2 Å². The summed E-state index contributed by atoms with van der Waals surface area (Å²) < 4.78 is 45.2. The first-order valence-electron chi connectivity index (χ1n) is 7.00. The molecular formula is C17H13F3N2O2. The average Bonchev–Trinajstić information content (AvgIpc) is 2.86. The van der Waals surface area contributed by atoms with E-state index in [9.17, 15) is 18.0 Å². The van der Waals surface area contributed by atoms with Crippen LogP contribution in [0.4, 0.5) is 13.2 Å². The Morgan fingerprint density at radius 3 is 2.38 bits per heavy atom. The quantitative estimate of drug-likeness (QED) is 0.784. The maximum atomic E-state index is 12.6. The molecule has 2 N–H and O–H groups in total. The van der Waals surface area contributed by atoms with Crippen molar-refractivity contribution in [3.8, 4) is 11.5 Å². The Kier molecular flexibility index (Phi) is 3.71. The number of hydrogen-bond donors (Lipinski definition) is 1. The van der Waals surface area contributed by atoms with E-state index in [1.165, 1.54) is 12.1 Å². The third-order valence-corrected chi connectivity index (χ3v) is 3.65. The van der Waals surface area contributed by atoms with Crippen molar-refractivity contribution in [2.45, 2.75) is 6.18 Å². The Bertz CT molecular complexity index is 912. The molecule has 1 aromatic heterocycles. The Morgan fingerprint density at radius 2 is 1.79 bits per heavy atom. The third-order valence-electron chi connectivity index (χ3n) is 3.65. The normalized spacial score (nSPS) is 11.7. The van der Waals surface area contributed by atoms with Gasteiger partial charge in [0.25, 0.3) is 5.91 Å². The van der Waals surface area contributed by atoms with E-state index in [4.69, 9.17) is 10.5 Å². The van der Waals surface area contributed by atoms with Gasteiger partial charge in [-0.05, 0) is 36.4 Å². The molecule has 0 saturated heterocycles. The number of carbonyl (C=O) groups is 1. The number of amides is 1. The zero-order valence-electron chi connectivity index (χ0n) is 12.6. The SMILES string of the molecule is Cn1cc(C(N)=O)c2c(Oc3ccc(C(F)(F)F)cc3)cccc21. The molecule has 3 rings (SSSR count). The second kappa shape index (κ2) is 5.59. The van der Waals surface area contributed by atoms with Crippen LogP contribution >= 0.6 is 0 Å². The molecule has 0 fully saturated rings. The number of rotatable bonds is 3. The largest absolute Gasteiger partial charge is 0.457 e. The second-order valence-electron chi connectivity index (χ2n) is 5.29. The van der Waals surface area contributed by atoms with Crippen molar-refractivity contribution in [3.05, 3.63) is 59.8 Å². The molecule has 0 aliphatic heterocycles. The van der Waals surface area contributed by atoms with Gasteiger partial charge in [0.1, 0.15) is 11.5 Å². The van der Waals surface area contributed by atoms with Crippen molar-refractivity contribution < 1.29 is 22.7 Å². The van der Waals surface area contributed by atoms with E-state index in [-0.39, 0.29) is 11.3 Å². The molecule has 1 heterocycles. The summed E-state index contributed by atoms with van der Waals surface area (Å²) in [6.45, 7) is 0. The van der Waals surface area contributed by atoms with Gasteiger partial charge in [0.15, 0.2) is 0 Å². The lowest BCUT2D eigenvalue weighted by Gasteiger charge is -2.10. The number of nitrogens with zero attached hydrogens (tertiary/aromatic N) is 1. The minimum atomic E-state index is -4.41. The lowest BCUT2D eigenvalue weighted by molar-refractivity contribution is -0.137. The van der Waals surface area contributed by atoms with Crippen LogP contribution in [0.2, 0.25) is 0 Å². The fraction of sp³-hybridized carbons (Fsp3) is 0.118. The van der Waals surface area contributed by atoms with Crippen LogP contribution in [0, 0.1) is 0 Å². The summed E-state index contributed by atoms with van der Waals surface area (Å²) in [5, 5.41) is 0.521. The van der Waals surface area contributed by atoms with Crippen molar-refractivity contribution >= 4 is 16.8 Å². The molecule has 0 atom stereocenters. The van der Waals surface area contributed by atoms with Gasteiger partial charge >= 0.3 is 6.18 Å². The molecule has 3 aromatic rings. The maximum absolute atomic E-state index is 12.6. The van der Waals surface area contributed by atoms with Gasteiger partial charge in [-0.15, -0.1) is 0 Å². The standard InChI is InChI=1S/C17H13F3N2O2/c1-22-9-12(16(21)23)15-13(22)3-2-4-14(15)24-11-7-5-10(6-8-11)17(18,19)20/h2-9H,1H3,(H2,21,23). The molecule has 0 saturated carbocycles. The Balaban J connectivity index is 2.03. The van der Waals surface area contributed by atoms with Gasteiger partial charge < -0.3 is 15.0 Å². The van der Waals surface area contributed by atoms with Gasteiger partial charge in [-0.1, -0.05) is 6.07 Å². The van der Waals surface area contributed by atoms with E-state index in [0.29, 0.717) is 11.1 Å². The van der Waals surface area contributed by atoms with Gasteiger partial charge in [-0.2, -0.15) is 13.2 Å². The molecule has 0 radical (unpaired) electrons. The first-order chi connectivity index (χ1) is 11.3. The number of nitrogens with two attached hydrogens (primary N) is 1. The van der Waals surface area contributed by atoms with Crippen molar-refractivity contribution in [1.29, 1.82) is 0 Å². The Labute approximate surface area is 135 Å². The summed E-state index contributed by atoms with van der Waals surface area (Å²) >= 11 is 0. The van der Waals surface area contributed by atoms with Crippen molar-refractivity contribution in [1.82, 2.24) is 4.57 Å². The first-order valence-corrected chi connectivity index (χ1v) is 7.00. The summed E-state index contributed by atoms with van der Waals surface area (Å²) in [5.74, 6) is -0.0273. The molecule has 124 valence electrons. The topological polar surface area (TPSA) is 57.2 Å². The molecule has 24 heavy (non-hydrogen) atoms. The fourth-order valence-corrected chi connectivity index (χ4v) is 2.52. The van der Waals surface area contributed by atoms with Crippen LogP contribution in [-0.2, 0) is 13.2 Å². The summed E-state index contributed by atoms with van der Waals surface area (Å²) in [7, 11) is 1.76. The van der Waals surface area contributed by atoms with E-state index in [1.807, 2.05) is 0 Å². The molecule has 7 heteroatoms. The highest BCUT2D eigenvalue weighted by molar-refractivity contribution is 6.08. The minimum Gasteiger partial charge on any atom is -0.457 e. The molecule has 1 amide bonds. The summed E-state index contributed by atoms with van der Waals surface area (Å²) in [4.78, 5) is 11.6. The zero-order chi connectivity index (χ0) is 17.5. The highest BCUT2D eigenvalue weighted by Gasteiger charge is 2.30. The predicted molar refractivity (Wildman–Crippen MR) is 83.0 cm³/mol. The van der Waals surface area contributed by atoms with Crippen LogP contribution in [0.5, 0.6) is 11.5 Å². The average molecular weight is 334 g/mol. The van der Waals surface area contributed by atoms with Gasteiger partial charge in [-0.3, -0.25) is 4.79 Å². The number of aryl methyl sites for hydroxylation is 1. The molecule has 4 nitrogen and oxygen atoms in total. The highest BCUT2D eigenvalue weighted by atomic mass is 19.4. The Hall–Kier alpha value is -2.96. The number of benzene rings is 2. The number of ether oxygens (including phenoxy) is 1. The number of carbonyl (C=O) groups excluding carboxylic acids is 1. The summed E-state index contributed by atoms with van der Waals surface area (Å²) in [6.07, 6.45) is -2.82. The van der Waals surface area contributed by atoms with Crippen LogP contribution < -0.4 is 10.5 Å². The predicted octanol–water partition coefficient (Wildman–Crippen LogP) is 4.09. The first kappa shape index (κ1) is 15.9. The number of primary amides is 1. The van der Waals surface area contributed by atoms with Crippen LogP contribution in [-0.4, -0.2) is 10.5 Å². The monoisotopic (exact) mass is 334 g/mol. The van der Waals surface area contributed by atoms with Crippen molar-refractivity contribution in [3.63, 3.8) is 0 Å². The van der Waals surface area contributed by atoms with Crippen LogP contribution in [0.1, 0.15) is 15.9 Å². The zero-order valence-corrected chi connectivity index (χ0v) is 12.6. The molecule has 0 aliphatic rings. The molecule has 0 aliphatic carbocycles. The van der Waals surface area contributed by atoms with Crippen molar-refractivity contribution in [2.24, 2.45) is 12.8 Å². The fourth-order valence-electron chi connectivity index (χ4n) is 2.52. The Morgan fingerprint density at radius 1 is 1.12 bits per heavy atom. The van der Waals surface area contributed by atoms with Crippen LogP contribution in [0.25, 0.3) is 10.9 Å². The smallest absolute Gasteiger partial charge is 0.416 e. The number of fused-ring (bicyclic) bond motifs is 1. The van der Waals surface area contributed by atoms with Crippen molar-refractivity contribution in [2.75, 3.05) is 0 Å². The van der Waals surface area contributed by atoms with Gasteiger partial charge in [-0.25, -0.2) is 0 Å². The molecular weight excluding hydrogens is 321 g/mol. The minimum absolute atomic E-state index is 0.231. The van der Waals surface area contributed by atoms with Crippen LogP contribution in [0.15, 0.2) is 48.7 Å². The van der Waals surface area contributed by atoms with E-state index in [2.05, 4.69) is 0 Å². The molecule has 2 aromatic carbocycles. The number of aromatic nitrogens is 1. The number of halogens is 3. The molecule has 0 unspecified atom stereocenters. The second-order valence-corrected chi connectivity index (χ2v) is 5.29. The number of alkyl halides is 3. The van der Waals surface area contributed by atoms with E-state index in [1.54, 1.807) is 36.0 Å². The summed E-state index contributed by atoms with van der Waals surface area (Å²) in [5.41, 5.74) is 5.65. The van der Waals surface area contributed by atoms with Gasteiger partial charge in [0.2, 0.25) is 0 Å². The maximum Gasteiger partial charge on any atom is 0.416 e. The van der Waals surface area contributed by atoms with E-state index < -0.39 is 17.6 Å². The summed E-state index contributed by atoms with van der Waals surface area (Å²) in [6, 6.07) is 9.49. The highest BCUT2D eigenvalue weighted by Crippen LogP contribution is 2.35. The lowest BCUT2D eigenvalue weighted by Crippen LogP contribution is -2.10. The lowest BCUT2D eigenvalue weighted by atomic mass is 10.1. The van der Waals surface area contributed by atoms with E-state index in [0.717, 1.165) is 17.6 Å².